The van der Waals surface area contributed by atoms with Gasteiger partial charge in [-0.1, -0.05) is 28.1 Å². The highest BCUT2D eigenvalue weighted by atomic mass is 79.9. The standard InChI is InChI=1S/C14H12BrN3O2S/c15-12-4-5-14(13(17)7-12)21(19,20)18-9-11-3-1-2-10(6-11)8-16/h1-7,18H,9,17H2. The van der Waals surface area contributed by atoms with E-state index in [0.29, 0.717) is 15.6 Å². The Kier molecular flexibility index (Phi) is 4.63. The van der Waals surface area contributed by atoms with E-state index in [1.165, 1.54) is 12.1 Å². The molecule has 0 aliphatic heterocycles. The number of nitrogens with zero attached hydrogens (tertiary/aromatic N) is 1. The first-order valence-corrected chi connectivity index (χ1v) is 8.24. The first-order chi connectivity index (χ1) is 9.92. The summed E-state index contributed by atoms with van der Waals surface area (Å²) in [6.07, 6.45) is 0. The molecule has 21 heavy (non-hydrogen) atoms. The number of sulfonamides is 1. The molecule has 0 aliphatic carbocycles. The Morgan fingerprint density at radius 2 is 2.00 bits per heavy atom. The van der Waals surface area contributed by atoms with E-state index in [2.05, 4.69) is 20.7 Å². The van der Waals surface area contributed by atoms with Crippen LogP contribution >= 0.6 is 15.9 Å². The maximum absolute atomic E-state index is 12.2. The number of nitrogens with one attached hydrogen (secondary N) is 1. The fourth-order valence-corrected chi connectivity index (χ4v) is 3.28. The van der Waals surface area contributed by atoms with Crippen LogP contribution in [-0.2, 0) is 16.6 Å². The van der Waals surface area contributed by atoms with E-state index in [-0.39, 0.29) is 17.1 Å². The van der Waals surface area contributed by atoms with Crippen LogP contribution in [0.4, 0.5) is 5.69 Å². The Balaban J connectivity index is 2.20. The molecule has 0 saturated carbocycles. The lowest BCUT2D eigenvalue weighted by Gasteiger charge is -2.09. The lowest BCUT2D eigenvalue weighted by Crippen LogP contribution is -2.24. The highest BCUT2D eigenvalue weighted by Crippen LogP contribution is 2.22. The Labute approximate surface area is 131 Å². The highest BCUT2D eigenvalue weighted by Gasteiger charge is 2.17. The van der Waals surface area contributed by atoms with Gasteiger partial charge in [0.1, 0.15) is 4.90 Å². The first kappa shape index (κ1) is 15.5. The molecule has 0 unspecified atom stereocenters. The van der Waals surface area contributed by atoms with Crippen LogP contribution in [-0.4, -0.2) is 8.42 Å². The zero-order chi connectivity index (χ0) is 15.5. The van der Waals surface area contributed by atoms with Gasteiger partial charge in [0.15, 0.2) is 0 Å². The molecule has 0 aromatic heterocycles. The summed E-state index contributed by atoms with van der Waals surface area (Å²) in [5.74, 6) is 0. The quantitative estimate of drug-likeness (QED) is 0.812. The maximum atomic E-state index is 12.2. The van der Waals surface area contributed by atoms with E-state index in [1.807, 2.05) is 6.07 Å². The number of anilines is 1. The Bertz CT molecular complexity index is 813. The van der Waals surface area contributed by atoms with Crippen LogP contribution in [0.3, 0.4) is 0 Å². The number of rotatable bonds is 4. The van der Waals surface area contributed by atoms with Crippen molar-refractivity contribution < 1.29 is 8.42 Å². The second-order valence-corrected chi connectivity index (χ2v) is 6.97. The van der Waals surface area contributed by atoms with E-state index < -0.39 is 10.0 Å². The average molecular weight is 366 g/mol. The summed E-state index contributed by atoms with van der Waals surface area (Å²) in [5, 5.41) is 8.82. The van der Waals surface area contributed by atoms with Crippen LogP contribution < -0.4 is 10.5 Å². The van der Waals surface area contributed by atoms with Gasteiger partial charge in [-0.2, -0.15) is 5.26 Å². The van der Waals surface area contributed by atoms with Crippen molar-refractivity contribution >= 4 is 31.6 Å². The zero-order valence-corrected chi connectivity index (χ0v) is 13.3. The molecule has 0 aliphatic rings. The number of nitrogens with two attached hydrogens (primary N) is 1. The van der Waals surface area contributed by atoms with Crippen molar-refractivity contribution in [3.8, 4) is 6.07 Å². The topological polar surface area (TPSA) is 96.0 Å². The highest BCUT2D eigenvalue weighted by molar-refractivity contribution is 9.10. The molecule has 3 N–H and O–H groups in total. The van der Waals surface area contributed by atoms with Gasteiger partial charge in [-0.15, -0.1) is 0 Å². The molecule has 0 bridgehead atoms. The SMILES string of the molecule is N#Cc1cccc(CNS(=O)(=O)c2ccc(Br)cc2N)c1. The third-order valence-corrected chi connectivity index (χ3v) is 4.75. The molecule has 0 radical (unpaired) electrons. The van der Waals surface area contributed by atoms with Crippen molar-refractivity contribution in [2.24, 2.45) is 0 Å². The van der Waals surface area contributed by atoms with E-state index in [9.17, 15) is 8.42 Å². The van der Waals surface area contributed by atoms with Crippen LogP contribution in [0.2, 0.25) is 0 Å². The summed E-state index contributed by atoms with van der Waals surface area (Å²) < 4.78 is 27.6. The fraction of sp³-hybridized carbons (Fsp3) is 0.0714. The van der Waals surface area contributed by atoms with Gasteiger partial charge in [0, 0.05) is 11.0 Å². The molecule has 0 spiro atoms. The van der Waals surface area contributed by atoms with Gasteiger partial charge in [-0.3, -0.25) is 0 Å². The molecule has 2 rings (SSSR count). The summed E-state index contributed by atoms with van der Waals surface area (Å²) in [5.41, 5.74) is 7.08. The summed E-state index contributed by atoms with van der Waals surface area (Å²) in [6, 6.07) is 13.3. The molecule has 2 aromatic carbocycles. The van der Waals surface area contributed by atoms with Gasteiger partial charge in [0.2, 0.25) is 10.0 Å². The number of nitrogen functional groups attached to an aromatic ring is 1. The minimum Gasteiger partial charge on any atom is -0.398 e. The molecule has 0 saturated heterocycles. The minimum atomic E-state index is -3.70. The van der Waals surface area contributed by atoms with Gasteiger partial charge >= 0.3 is 0 Å². The third-order valence-electron chi connectivity index (χ3n) is 2.78. The Morgan fingerprint density at radius 3 is 2.67 bits per heavy atom. The normalized spacial score (nSPS) is 11.0. The van der Waals surface area contributed by atoms with E-state index >= 15 is 0 Å². The molecule has 108 valence electrons. The monoisotopic (exact) mass is 365 g/mol. The molecular formula is C14H12BrN3O2S. The molecule has 0 atom stereocenters. The zero-order valence-electron chi connectivity index (χ0n) is 10.9. The van der Waals surface area contributed by atoms with Crippen molar-refractivity contribution in [1.82, 2.24) is 4.72 Å². The van der Waals surface area contributed by atoms with Gasteiger partial charge < -0.3 is 5.73 Å². The predicted molar refractivity (Wildman–Crippen MR) is 83.7 cm³/mol. The van der Waals surface area contributed by atoms with Crippen LogP contribution in [0, 0.1) is 11.3 Å². The summed E-state index contributed by atoms with van der Waals surface area (Å²) in [6.45, 7) is 0.0906. The van der Waals surface area contributed by atoms with E-state index in [4.69, 9.17) is 11.0 Å². The average Bonchev–Trinajstić information content (AvgIpc) is 2.45. The summed E-state index contributed by atoms with van der Waals surface area (Å²) >= 11 is 3.23. The second kappa shape index (κ2) is 6.26. The molecule has 0 amide bonds. The molecular weight excluding hydrogens is 354 g/mol. The predicted octanol–water partition coefficient (Wildman–Crippen LogP) is 2.38. The number of halogens is 1. The number of hydrogen-bond acceptors (Lipinski definition) is 4. The van der Waals surface area contributed by atoms with Gasteiger partial charge in [-0.05, 0) is 35.9 Å². The van der Waals surface area contributed by atoms with E-state index in [1.54, 1.807) is 30.3 Å². The maximum Gasteiger partial charge on any atom is 0.242 e. The van der Waals surface area contributed by atoms with Crippen LogP contribution in [0.15, 0.2) is 51.8 Å². The smallest absolute Gasteiger partial charge is 0.242 e. The molecule has 7 heteroatoms. The third kappa shape index (κ3) is 3.82. The largest absolute Gasteiger partial charge is 0.398 e. The van der Waals surface area contributed by atoms with Crippen molar-refractivity contribution in [3.63, 3.8) is 0 Å². The van der Waals surface area contributed by atoms with E-state index in [0.717, 1.165) is 0 Å². The first-order valence-electron chi connectivity index (χ1n) is 5.96. The second-order valence-electron chi connectivity index (χ2n) is 4.32. The van der Waals surface area contributed by atoms with Crippen molar-refractivity contribution in [3.05, 3.63) is 58.1 Å². The minimum absolute atomic E-state index is 0.0298. The van der Waals surface area contributed by atoms with Crippen molar-refractivity contribution in [2.75, 3.05) is 5.73 Å². The lowest BCUT2D eigenvalue weighted by atomic mass is 10.1. The molecule has 5 nitrogen and oxygen atoms in total. The van der Waals surface area contributed by atoms with Gasteiger partial charge in [-0.25, -0.2) is 13.1 Å². The van der Waals surface area contributed by atoms with Gasteiger partial charge in [0.25, 0.3) is 0 Å². The number of nitriles is 1. The number of hydrogen-bond donors (Lipinski definition) is 2. The molecule has 0 heterocycles. The molecule has 0 fully saturated rings. The van der Waals surface area contributed by atoms with Crippen molar-refractivity contribution in [1.29, 1.82) is 5.26 Å². The van der Waals surface area contributed by atoms with Crippen LogP contribution in [0.25, 0.3) is 0 Å². The fourth-order valence-electron chi connectivity index (χ4n) is 1.77. The van der Waals surface area contributed by atoms with Crippen LogP contribution in [0.1, 0.15) is 11.1 Å². The van der Waals surface area contributed by atoms with Crippen LogP contribution in [0.5, 0.6) is 0 Å². The lowest BCUT2D eigenvalue weighted by molar-refractivity contribution is 0.581. The Hall–Kier alpha value is -1.88. The number of benzene rings is 2. The Morgan fingerprint density at radius 1 is 1.24 bits per heavy atom. The summed E-state index contributed by atoms with van der Waals surface area (Å²) in [4.78, 5) is 0.0298. The summed E-state index contributed by atoms with van der Waals surface area (Å²) in [7, 11) is -3.70. The molecule has 2 aromatic rings. The van der Waals surface area contributed by atoms with Gasteiger partial charge in [0.05, 0.1) is 17.3 Å². The van der Waals surface area contributed by atoms with Crippen molar-refractivity contribution in [2.45, 2.75) is 11.4 Å².